The molecule has 25 heavy (non-hydrogen) atoms. The van der Waals surface area contributed by atoms with E-state index in [1.165, 1.54) is 0 Å². The molecule has 136 valence electrons. The highest BCUT2D eigenvalue weighted by molar-refractivity contribution is 5.86. The van der Waals surface area contributed by atoms with Crippen LogP contribution in [0.2, 0.25) is 0 Å². The summed E-state index contributed by atoms with van der Waals surface area (Å²) in [5.74, 6) is -1.26. The summed E-state index contributed by atoms with van der Waals surface area (Å²) in [7, 11) is 0. The van der Waals surface area contributed by atoms with Crippen LogP contribution in [0.1, 0.15) is 56.1 Å². The van der Waals surface area contributed by atoms with Crippen molar-refractivity contribution in [3.8, 4) is 0 Å². The Labute approximate surface area is 148 Å². The van der Waals surface area contributed by atoms with Crippen LogP contribution in [0.3, 0.4) is 0 Å². The van der Waals surface area contributed by atoms with Gasteiger partial charge >= 0.3 is 0 Å². The second-order valence-electron chi connectivity index (χ2n) is 7.31. The first-order chi connectivity index (χ1) is 12.1. The molecule has 1 aromatic carbocycles. The Bertz CT molecular complexity index is 627. The van der Waals surface area contributed by atoms with E-state index in [0.29, 0.717) is 45.7 Å². The number of ether oxygens (including phenoxy) is 4. The lowest BCUT2D eigenvalue weighted by molar-refractivity contribution is -0.241. The fourth-order valence-electron chi connectivity index (χ4n) is 4.06. The SMILES string of the molecule is CC1(c2cccc([C@@H]3CC4(CCC3=O)OCCCCO4)c2)OCCO1. The Kier molecular flexibility index (Phi) is 4.67. The number of benzene rings is 1. The van der Waals surface area contributed by atoms with E-state index in [2.05, 4.69) is 0 Å². The van der Waals surface area contributed by atoms with Crippen LogP contribution >= 0.6 is 0 Å². The summed E-state index contributed by atoms with van der Waals surface area (Å²) in [4.78, 5) is 12.6. The first-order valence-corrected chi connectivity index (χ1v) is 9.29. The Morgan fingerprint density at radius 3 is 2.44 bits per heavy atom. The number of carbonyl (C=O) groups excluding carboxylic acids is 1. The molecule has 0 aromatic heterocycles. The summed E-state index contributed by atoms with van der Waals surface area (Å²) in [5.41, 5.74) is 1.95. The molecule has 1 saturated carbocycles. The van der Waals surface area contributed by atoms with Crippen LogP contribution in [-0.2, 0) is 29.5 Å². The van der Waals surface area contributed by atoms with E-state index in [4.69, 9.17) is 18.9 Å². The Balaban J connectivity index is 1.60. The van der Waals surface area contributed by atoms with Gasteiger partial charge in [-0.1, -0.05) is 18.2 Å². The maximum absolute atomic E-state index is 12.6. The standard InChI is InChI=1S/C20H26O5/c1-19(22-11-12-23-19)16-6-4-5-15(13-16)17-14-20(8-7-18(17)21)24-9-2-3-10-25-20/h4-6,13,17H,2-3,7-12,14H2,1H3/t17-/m0/s1. The van der Waals surface area contributed by atoms with Crippen molar-refractivity contribution in [3.63, 3.8) is 0 Å². The van der Waals surface area contributed by atoms with Crippen molar-refractivity contribution in [3.05, 3.63) is 35.4 Å². The zero-order chi connectivity index (χ0) is 17.3. The third kappa shape index (κ3) is 3.38. The predicted octanol–water partition coefficient (Wildman–Crippen LogP) is 3.27. The van der Waals surface area contributed by atoms with Crippen LogP contribution in [0.15, 0.2) is 24.3 Å². The molecule has 1 spiro atoms. The van der Waals surface area contributed by atoms with Crippen molar-refractivity contribution < 1.29 is 23.7 Å². The molecule has 0 unspecified atom stereocenters. The third-order valence-corrected chi connectivity index (χ3v) is 5.58. The largest absolute Gasteiger partial charge is 0.350 e. The zero-order valence-electron chi connectivity index (χ0n) is 14.8. The topological polar surface area (TPSA) is 54.0 Å². The van der Waals surface area contributed by atoms with Crippen LogP contribution in [0.5, 0.6) is 0 Å². The van der Waals surface area contributed by atoms with E-state index < -0.39 is 11.6 Å². The molecule has 1 atom stereocenters. The monoisotopic (exact) mass is 346 g/mol. The van der Waals surface area contributed by atoms with Crippen molar-refractivity contribution >= 4 is 5.78 Å². The minimum absolute atomic E-state index is 0.197. The maximum Gasteiger partial charge on any atom is 0.192 e. The van der Waals surface area contributed by atoms with E-state index in [0.717, 1.165) is 24.0 Å². The molecule has 4 rings (SSSR count). The Morgan fingerprint density at radius 2 is 1.72 bits per heavy atom. The number of carbonyl (C=O) groups is 1. The van der Waals surface area contributed by atoms with Gasteiger partial charge in [-0.05, 0) is 31.4 Å². The Morgan fingerprint density at radius 1 is 1.00 bits per heavy atom. The summed E-state index contributed by atoms with van der Waals surface area (Å²) in [6.07, 6.45) is 3.78. The van der Waals surface area contributed by atoms with Crippen molar-refractivity contribution in [2.75, 3.05) is 26.4 Å². The maximum atomic E-state index is 12.6. The van der Waals surface area contributed by atoms with E-state index in [9.17, 15) is 4.79 Å². The van der Waals surface area contributed by atoms with Crippen LogP contribution in [0, 0.1) is 0 Å². The average molecular weight is 346 g/mol. The van der Waals surface area contributed by atoms with Gasteiger partial charge in [0.05, 0.1) is 26.4 Å². The fraction of sp³-hybridized carbons (Fsp3) is 0.650. The molecular formula is C20H26O5. The summed E-state index contributed by atoms with van der Waals surface area (Å²) < 4.78 is 23.6. The number of hydrogen-bond acceptors (Lipinski definition) is 5. The lowest BCUT2D eigenvalue weighted by Crippen LogP contribution is -2.43. The lowest BCUT2D eigenvalue weighted by Gasteiger charge is -2.39. The Hall–Kier alpha value is -1.27. The van der Waals surface area contributed by atoms with Crippen molar-refractivity contribution in [2.24, 2.45) is 0 Å². The van der Waals surface area contributed by atoms with E-state index in [1.54, 1.807) is 0 Å². The van der Waals surface area contributed by atoms with Gasteiger partial charge in [0, 0.05) is 30.7 Å². The highest BCUT2D eigenvalue weighted by atomic mass is 16.7. The van der Waals surface area contributed by atoms with Gasteiger partial charge in [0.2, 0.25) is 0 Å². The first kappa shape index (κ1) is 17.2. The van der Waals surface area contributed by atoms with Gasteiger partial charge in [0.15, 0.2) is 11.6 Å². The second kappa shape index (κ2) is 6.80. The van der Waals surface area contributed by atoms with Crippen LogP contribution < -0.4 is 0 Å². The number of hydrogen-bond donors (Lipinski definition) is 0. The number of ketones is 1. The summed E-state index contributed by atoms with van der Waals surface area (Å²) in [6, 6.07) is 8.03. The highest BCUT2D eigenvalue weighted by Gasteiger charge is 2.44. The average Bonchev–Trinajstić information content (AvgIpc) is 2.96. The zero-order valence-corrected chi connectivity index (χ0v) is 14.8. The molecule has 0 amide bonds. The quantitative estimate of drug-likeness (QED) is 0.823. The molecule has 1 aromatic rings. The van der Waals surface area contributed by atoms with Crippen LogP contribution in [0.4, 0.5) is 0 Å². The molecule has 5 nitrogen and oxygen atoms in total. The third-order valence-electron chi connectivity index (χ3n) is 5.58. The fourth-order valence-corrected chi connectivity index (χ4v) is 4.06. The molecule has 3 fully saturated rings. The molecule has 2 aliphatic heterocycles. The minimum atomic E-state index is -0.721. The van der Waals surface area contributed by atoms with Gasteiger partial charge < -0.3 is 18.9 Å². The van der Waals surface area contributed by atoms with Gasteiger partial charge in [0.1, 0.15) is 5.78 Å². The number of Topliss-reactive ketones (excluding diaryl/α,β-unsaturated/α-hetero) is 1. The first-order valence-electron chi connectivity index (χ1n) is 9.29. The van der Waals surface area contributed by atoms with Gasteiger partial charge in [-0.25, -0.2) is 0 Å². The summed E-state index contributed by atoms with van der Waals surface area (Å²) in [6.45, 7) is 4.53. The molecule has 1 aliphatic carbocycles. The molecule has 5 heteroatoms. The van der Waals surface area contributed by atoms with E-state index in [-0.39, 0.29) is 11.7 Å². The van der Waals surface area contributed by atoms with Crippen molar-refractivity contribution in [1.82, 2.24) is 0 Å². The van der Waals surface area contributed by atoms with Gasteiger partial charge in [-0.2, -0.15) is 0 Å². The van der Waals surface area contributed by atoms with Crippen LogP contribution in [-0.4, -0.2) is 38.0 Å². The molecule has 0 bridgehead atoms. The molecular weight excluding hydrogens is 320 g/mol. The highest BCUT2D eigenvalue weighted by Crippen LogP contribution is 2.42. The molecule has 2 heterocycles. The molecule has 3 aliphatic rings. The van der Waals surface area contributed by atoms with Gasteiger partial charge in [-0.3, -0.25) is 4.79 Å². The van der Waals surface area contributed by atoms with Crippen molar-refractivity contribution in [1.29, 1.82) is 0 Å². The van der Waals surface area contributed by atoms with Crippen LogP contribution in [0.25, 0.3) is 0 Å². The smallest absolute Gasteiger partial charge is 0.192 e. The molecule has 2 saturated heterocycles. The van der Waals surface area contributed by atoms with Crippen molar-refractivity contribution in [2.45, 2.75) is 56.5 Å². The normalized spacial score (nSPS) is 28.8. The summed E-state index contributed by atoms with van der Waals surface area (Å²) >= 11 is 0. The van der Waals surface area contributed by atoms with Gasteiger partial charge in [-0.15, -0.1) is 0 Å². The minimum Gasteiger partial charge on any atom is -0.350 e. The van der Waals surface area contributed by atoms with E-state index in [1.807, 2.05) is 31.2 Å². The second-order valence-corrected chi connectivity index (χ2v) is 7.31. The molecule has 0 radical (unpaired) electrons. The molecule has 0 N–H and O–H groups in total. The van der Waals surface area contributed by atoms with E-state index >= 15 is 0 Å². The predicted molar refractivity (Wildman–Crippen MR) is 91.2 cm³/mol. The lowest BCUT2D eigenvalue weighted by atomic mass is 9.78. The number of rotatable bonds is 2. The summed E-state index contributed by atoms with van der Waals surface area (Å²) in [5, 5.41) is 0. The van der Waals surface area contributed by atoms with Gasteiger partial charge in [0.25, 0.3) is 0 Å².